The molecule has 1 aliphatic rings. The van der Waals surface area contributed by atoms with Crippen molar-refractivity contribution in [2.24, 2.45) is 0 Å². The SMILES string of the molecule is CC(=O)c1cccc(NC(=O)C(C)OC(=O)c2ccc(N3CCCC3)c([N+](=O)[O-])c2)c1. The standard InChI is InChI=1S/C22H23N3O6/c1-14(26)16-6-5-7-18(12-16)23-21(27)15(2)31-22(28)17-8-9-19(20(13-17)25(29)30)24-10-3-4-11-24/h5-9,12-13,15H,3-4,10-11H2,1-2H3,(H,23,27). The molecule has 1 saturated heterocycles. The van der Waals surface area contributed by atoms with Gasteiger partial charge in [-0.2, -0.15) is 0 Å². The Labute approximate surface area is 179 Å². The minimum atomic E-state index is -1.15. The molecule has 2 aromatic carbocycles. The van der Waals surface area contributed by atoms with Crippen molar-refractivity contribution in [1.82, 2.24) is 0 Å². The van der Waals surface area contributed by atoms with Crippen LogP contribution in [0.15, 0.2) is 42.5 Å². The first-order chi connectivity index (χ1) is 14.8. The molecule has 0 aliphatic carbocycles. The molecule has 2 aromatic rings. The Hall–Kier alpha value is -3.75. The van der Waals surface area contributed by atoms with E-state index in [1.807, 2.05) is 4.90 Å². The highest BCUT2D eigenvalue weighted by molar-refractivity contribution is 5.99. The molecule has 1 N–H and O–H groups in total. The zero-order chi connectivity index (χ0) is 22.5. The number of hydrogen-bond acceptors (Lipinski definition) is 7. The summed E-state index contributed by atoms with van der Waals surface area (Å²) in [5, 5.41) is 14.1. The van der Waals surface area contributed by atoms with Gasteiger partial charge in [-0.3, -0.25) is 19.7 Å². The number of carbonyl (C=O) groups is 3. The largest absolute Gasteiger partial charge is 0.449 e. The van der Waals surface area contributed by atoms with Crippen LogP contribution >= 0.6 is 0 Å². The molecule has 1 aliphatic heterocycles. The van der Waals surface area contributed by atoms with Crippen LogP contribution in [-0.2, 0) is 9.53 Å². The van der Waals surface area contributed by atoms with Crippen molar-refractivity contribution in [1.29, 1.82) is 0 Å². The highest BCUT2D eigenvalue weighted by Crippen LogP contribution is 2.32. The molecule has 1 heterocycles. The number of nitro groups is 1. The highest BCUT2D eigenvalue weighted by atomic mass is 16.6. The van der Waals surface area contributed by atoms with Crippen molar-refractivity contribution >= 4 is 34.7 Å². The topological polar surface area (TPSA) is 119 Å². The van der Waals surface area contributed by atoms with Crippen LogP contribution < -0.4 is 10.2 Å². The molecule has 0 aromatic heterocycles. The number of nitrogens with zero attached hydrogens (tertiary/aromatic N) is 2. The van der Waals surface area contributed by atoms with E-state index in [0.717, 1.165) is 25.9 Å². The highest BCUT2D eigenvalue weighted by Gasteiger charge is 2.26. The number of ether oxygens (including phenoxy) is 1. The number of rotatable bonds is 7. The molecule has 1 unspecified atom stereocenters. The first kappa shape index (κ1) is 21.9. The fourth-order valence-corrected chi connectivity index (χ4v) is 3.36. The van der Waals surface area contributed by atoms with Gasteiger partial charge in [-0.15, -0.1) is 0 Å². The summed E-state index contributed by atoms with van der Waals surface area (Å²) < 4.78 is 5.19. The van der Waals surface area contributed by atoms with Crippen molar-refractivity contribution in [2.75, 3.05) is 23.3 Å². The summed E-state index contributed by atoms with van der Waals surface area (Å²) in [6.45, 7) is 4.27. The lowest BCUT2D eigenvalue weighted by Crippen LogP contribution is -2.30. The number of benzene rings is 2. The van der Waals surface area contributed by atoms with Gasteiger partial charge >= 0.3 is 5.97 Å². The van der Waals surface area contributed by atoms with Gasteiger partial charge in [-0.05, 0) is 51.0 Å². The molecule has 0 bridgehead atoms. The van der Waals surface area contributed by atoms with Crippen molar-refractivity contribution < 1.29 is 24.0 Å². The van der Waals surface area contributed by atoms with Crippen molar-refractivity contribution in [2.45, 2.75) is 32.8 Å². The van der Waals surface area contributed by atoms with Gasteiger partial charge in [0.1, 0.15) is 5.69 Å². The average Bonchev–Trinajstić information content (AvgIpc) is 3.28. The molecule has 1 atom stereocenters. The van der Waals surface area contributed by atoms with E-state index in [4.69, 9.17) is 4.74 Å². The van der Waals surface area contributed by atoms with E-state index in [1.54, 1.807) is 18.2 Å². The third-order valence-corrected chi connectivity index (χ3v) is 5.04. The maximum Gasteiger partial charge on any atom is 0.339 e. The predicted octanol–water partition coefficient (Wildman–Crippen LogP) is 3.58. The molecule has 0 spiro atoms. The molecular weight excluding hydrogens is 402 g/mol. The molecule has 0 saturated carbocycles. The van der Waals surface area contributed by atoms with E-state index in [-0.39, 0.29) is 17.0 Å². The number of nitrogens with one attached hydrogen (secondary N) is 1. The molecule has 9 nitrogen and oxygen atoms in total. The Bertz CT molecular complexity index is 1030. The summed E-state index contributed by atoms with van der Waals surface area (Å²) in [7, 11) is 0. The van der Waals surface area contributed by atoms with E-state index >= 15 is 0 Å². The fraction of sp³-hybridized carbons (Fsp3) is 0.318. The van der Waals surface area contributed by atoms with Gasteiger partial charge in [0.2, 0.25) is 0 Å². The first-order valence-electron chi connectivity index (χ1n) is 9.92. The summed E-state index contributed by atoms with van der Waals surface area (Å²) in [6, 6.07) is 10.6. The molecule has 31 heavy (non-hydrogen) atoms. The Kier molecular flexibility index (Phi) is 6.64. The maximum absolute atomic E-state index is 12.5. The van der Waals surface area contributed by atoms with Crippen molar-refractivity contribution in [3.8, 4) is 0 Å². The van der Waals surface area contributed by atoms with Gasteiger partial charge in [-0.25, -0.2) is 4.79 Å². The number of carbonyl (C=O) groups excluding carboxylic acids is 3. The average molecular weight is 425 g/mol. The lowest BCUT2D eigenvalue weighted by molar-refractivity contribution is -0.384. The monoisotopic (exact) mass is 425 g/mol. The van der Waals surface area contributed by atoms with Crippen molar-refractivity contribution in [3.63, 3.8) is 0 Å². The van der Waals surface area contributed by atoms with Gasteiger partial charge in [0, 0.05) is 30.4 Å². The quantitative estimate of drug-likeness (QED) is 0.312. The fourth-order valence-electron chi connectivity index (χ4n) is 3.36. The smallest absolute Gasteiger partial charge is 0.339 e. The summed E-state index contributed by atoms with van der Waals surface area (Å²) in [4.78, 5) is 49.2. The minimum absolute atomic E-state index is 0.00660. The Morgan fingerprint density at radius 2 is 1.81 bits per heavy atom. The lowest BCUT2D eigenvalue weighted by atomic mass is 10.1. The van der Waals surface area contributed by atoms with Gasteiger partial charge in [-0.1, -0.05) is 12.1 Å². The maximum atomic E-state index is 12.5. The number of nitro benzene ring substituents is 1. The molecule has 162 valence electrons. The predicted molar refractivity (Wildman–Crippen MR) is 114 cm³/mol. The molecule has 3 rings (SSSR count). The van der Waals surface area contributed by atoms with Crippen LogP contribution in [0.5, 0.6) is 0 Å². The van der Waals surface area contributed by atoms with E-state index in [2.05, 4.69) is 5.32 Å². The van der Waals surface area contributed by atoms with Crippen LogP contribution in [0.4, 0.5) is 17.1 Å². The Balaban J connectivity index is 1.69. The summed E-state index contributed by atoms with van der Waals surface area (Å²) in [6.07, 6.45) is 0.775. The van der Waals surface area contributed by atoms with E-state index < -0.39 is 22.9 Å². The number of ketones is 1. The molecule has 1 fully saturated rings. The number of esters is 1. The van der Waals surface area contributed by atoms with E-state index in [1.165, 1.54) is 38.1 Å². The Morgan fingerprint density at radius 3 is 2.45 bits per heavy atom. The summed E-state index contributed by atoms with van der Waals surface area (Å²) in [5.74, 6) is -1.57. The van der Waals surface area contributed by atoms with Gasteiger partial charge in [0.05, 0.1) is 10.5 Å². The third kappa shape index (κ3) is 5.25. The van der Waals surface area contributed by atoms with Crippen LogP contribution in [0, 0.1) is 10.1 Å². The number of amides is 1. The molecule has 9 heteroatoms. The second kappa shape index (κ2) is 9.38. The summed E-state index contributed by atoms with van der Waals surface area (Å²) >= 11 is 0. The number of anilines is 2. The summed E-state index contributed by atoms with van der Waals surface area (Å²) in [5.41, 5.74) is 1.12. The van der Waals surface area contributed by atoms with Gasteiger partial charge in [0.25, 0.3) is 11.6 Å². The van der Waals surface area contributed by atoms with Crippen LogP contribution in [0.1, 0.15) is 47.4 Å². The van der Waals surface area contributed by atoms with Crippen LogP contribution in [-0.4, -0.2) is 41.8 Å². The van der Waals surface area contributed by atoms with Crippen LogP contribution in [0.25, 0.3) is 0 Å². The van der Waals surface area contributed by atoms with E-state index in [9.17, 15) is 24.5 Å². The lowest BCUT2D eigenvalue weighted by Gasteiger charge is -2.18. The van der Waals surface area contributed by atoms with Crippen LogP contribution in [0.3, 0.4) is 0 Å². The van der Waals surface area contributed by atoms with E-state index in [0.29, 0.717) is 16.9 Å². The zero-order valence-electron chi connectivity index (χ0n) is 17.3. The minimum Gasteiger partial charge on any atom is -0.449 e. The third-order valence-electron chi connectivity index (χ3n) is 5.04. The first-order valence-corrected chi connectivity index (χ1v) is 9.92. The van der Waals surface area contributed by atoms with Crippen LogP contribution in [0.2, 0.25) is 0 Å². The zero-order valence-corrected chi connectivity index (χ0v) is 17.3. The molecular formula is C22H23N3O6. The second-order valence-corrected chi connectivity index (χ2v) is 7.33. The number of hydrogen-bond donors (Lipinski definition) is 1. The van der Waals surface area contributed by atoms with Crippen molar-refractivity contribution in [3.05, 3.63) is 63.7 Å². The normalized spacial score (nSPS) is 14.1. The molecule has 0 radical (unpaired) electrons. The second-order valence-electron chi connectivity index (χ2n) is 7.33. The van der Waals surface area contributed by atoms with Gasteiger partial charge in [0.15, 0.2) is 11.9 Å². The van der Waals surface area contributed by atoms with Gasteiger partial charge < -0.3 is 15.0 Å². The molecule has 1 amide bonds. The number of Topliss-reactive ketones (excluding diaryl/α,β-unsaturated/α-hetero) is 1. The Morgan fingerprint density at radius 1 is 1.10 bits per heavy atom.